The van der Waals surface area contributed by atoms with Crippen molar-refractivity contribution in [1.82, 2.24) is 4.57 Å². The monoisotopic (exact) mass is 399 g/mol. The van der Waals surface area contributed by atoms with Crippen molar-refractivity contribution in [1.29, 1.82) is 0 Å². The Hall–Kier alpha value is -2.60. The quantitative estimate of drug-likeness (QED) is 0.597. The van der Waals surface area contributed by atoms with Crippen molar-refractivity contribution < 1.29 is 13.2 Å². The van der Waals surface area contributed by atoms with Crippen LogP contribution >= 0.6 is 0 Å². The Morgan fingerprint density at radius 2 is 1.71 bits per heavy atom. The zero-order valence-corrected chi connectivity index (χ0v) is 17.3. The summed E-state index contributed by atoms with van der Waals surface area (Å²) < 4.78 is 33.7. The van der Waals surface area contributed by atoms with Gasteiger partial charge in [0.25, 0.3) is 0 Å². The van der Waals surface area contributed by atoms with E-state index < -0.39 is 15.3 Å². The number of fused-ring (bicyclic) bond motifs is 1. The van der Waals surface area contributed by atoms with Gasteiger partial charge in [-0.05, 0) is 61.7 Å². The van der Waals surface area contributed by atoms with Gasteiger partial charge >= 0.3 is 0 Å². The van der Waals surface area contributed by atoms with E-state index in [0.29, 0.717) is 24.3 Å². The Labute approximate surface area is 165 Å². The maximum atomic E-state index is 13.2. The number of pyridine rings is 1. The van der Waals surface area contributed by atoms with E-state index in [2.05, 4.69) is 0 Å². The summed E-state index contributed by atoms with van der Waals surface area (Å²) >= 11 is 0. The minimum Gasteiger partial charge on any atom is -0.494 e. The van der Waals surface area contributed by atoms with Crippen molar-refractivity contribution in [3.8, 4) is 5.75 Å². The first-order chi connectivity index (χ1) is 13.4. The van der Waals surface area contributed by atoms with Gasteiger partial charge in [0.1, 0.15) is 10.6 Å². The third-order valence-corrected chi connectivity index (χ3v) is 6.48. The summed E-state index contributed by atoms with van der Waals surface area (Å²) in [4.78, 5) is 13.0. The highest BCUT2D eigenvalue weighted by atomic mass is 32.2. The van der Waals surface area contributed by atoms with E-state index in [1.807, 2.05) is 37.5 Å². The van der Waals surface area contributed by atoms with Gasteiger partial charge in [0.15, 0.2) is 0 Å². The molecule has 0 saturated heterocycles. The van der Waals surface area contributed by atoms with Crippen LogP contribution in [-0.2, 0) is 22.8 Å². The Morgan fingerprint density at radius 3 is 2.32 bits per heavy atom. The van der Waals surface area contributed by atoms with Crippen LogP contribution in [0.3, 0.4) is 0 Å². The Balaban J connectivity index is 2.23. The van der Waals surface area contributed by atoms with Crippen LogP contribution < -0.4 is 10.2 Å². The summed E-state index contributed by atoms with van der Waals surface area (Å²) in [5.41, 5.74) is 1.31. The van der Waals surface area contributed by atoms with Gasteiger partial charge in [0, 0.05) is 18.1 Å². The topological polar surface area (TPSA) is 65.4 Å². The van der Waals surface area contributed by atoms with Crippen molar-refractivity contribution in [3.63, 3.8) is 0 Å². The van der Waals surface area contributed by atoms with Gasteiger partial charge in [-0.25, -0.2) is 8.42 Å². The summed E-state index contributed by atoms with van der Waals surface area (Å²) in [5, 5.41) is 0.444. The van der Waals surface area contributed by atoms with Gasteiger partial charge in [-0.3, -0.25) is 4.79 Å². The van der Waals surface area contributed by atoms with Crippen molar-refractivity contribution in [2.24, 2.45) is 0 Å². The molecule has 3 aromatic rings. The minimum atomic E-state index is -3.94. The van der Waals surface area contributed by atoms with Gasteiger partial charge in [-0.15, -0.1) is 0 Å². The van der Waals surface area contributed by atoms with E-state index in [4.69, 9.17) is 4.74 Å². The van der Waals surface area contributed by atoms with Gasteiger partial charge < -0.3 is 9.30 Å². The molecule has 0 radical (unpaired) electrons. The molecule has 0 atom stereocenters. The first-order valence-electron chi connectivity index (χ1n) is 9.56. The molecule has 0 aliphatic carbocycles. The summed E-state index contributed by atoms with van der Waals surface area (Å²) in [7, 11) is -3.94. The van der Waals surface area contributed by atoms with Crippen LogP contribution in [-0.4, -0.2) is 19.6 Å². The molecule has 3 rings (SSSR count). The lowest BCUT2D eigenvalue weighted by Crippen LogP contribution is -2.19. The van der Waals surface area contributed by atoms with Crippen molar-refractivity contribution >= 4 is 20.7 Å². The fraction of sp³-hybridized carbons (Fsp3) is 0.318. The second kappa shape index (κ2) is 8.19. The highest BCUT2D eigenvalue weighted by molar-refractivity contribution is 7.91. The molecule has 148 valence electrons. The largest absolute Gasteiger partial charge is 0.494 e. The smallest absolute Gasteiger partial charge is 0.211 e. The highest BCUT2D eigenvalue weighted by Crippen LogP contribution is 2.24. The van der Waals surface area contributed by atoms with Crippen molar-refractivity contribution in [3.05, 3.63) is 64.4 Å². The molecule has 1 heterocycles. The zero-order valence-electron chi connectivity index (χ0n) is 16.4. The van der Waals surface area contributed by atoms with E-state index in [1.54, 1.807) is 18.2 Å². The lowest BCUT2D eigenvalue weighted by atomic mass is 10.1. The molecule has 0 fully saturated rings. The molecule has 2 aromatic carbocycles. The number of aromatic nitrogens is 1. The SMILES string of the molecule is CCCn1cc(S(=O)(=O)c2ccc(OCC)cc2)c(=O)c2cc(CC)ccc21. The van der Waals surface area contributed by atoms with E-state index in [1.165, 1.54) is 18.3 Å². The number of nitrogens with zero attached hydrogens (tertiary/aromatic N) is 1. The molecular formula is C22H25NO4S. The average Bonchev–Trinajstić information content (AvgIpc) is 2.70. The molecule has 0 spiro atoms. The van der Waals surface area contributed by atoms with Crippen LogP contribution in [0.5, 0.6) is 5.75 Å². The fourth-order valence-corrected chi connectivity index (χ4v) is 4.63. The molecule has 0 amide bonds. The molecule has 0 aliphatic rings. The third kappa shape index (κ3) is 3.69. The molecule has 0 N–H and O–H groups in total. The normalized spacial score (nSPS) is 11.7. The van der Waals surface area contributed by atoms with Crippen LogP contribution in [0.15, 0.2) is 63.2 Å². The summed E-state index contributed by atoms with van der Waals surface area (Å²) in [6.07, 6.45) is 3.08. The first-order valence-corrected chi connectivity index (χ1v) is 11.0. The number of aryl methyl sites for hydroxylation is 2. The average molecular weight is 400 g/mol. The molecule has 1 aromatic heterocycles. The summed E-state index contributed by atoms with van der Waals surface area (Å²) in [5.74, 6) is 0.593. The third-order valence-electron chi connectivity index (χ3n) is 4.72. The maximum Gasteiger partial charge on any atom is 0.211 e. The van der Waals surface area contributed by atoms with Crippen molar-refractivity contribution in [2.75, 3.05) is 6.61 Å². The second-order valence-corrected chi connectivity index (χ2v) is 8.55. The summed E-state index contributed by atoms with van der Waals surface area (Å²) in [6, 6.07) is 11.9. The lowest BCUT2D eigenvalue weighted by molar-refractivity contribution is 0.340. The van der Waals surface area contributed by atoms with Crippen LogP contribution in [0.4, 0.5) is 0 Å². The number of hydrogen-bond donors (Lipinski definition) is 0. The van der Waals surface area contributed by atoms with Crippen LogP contribution in [0.25, 0.3) is 10.9 Å². The minimum absolute atomic E-state index is 0.0853. The van der Waals surface area contributed by atoms with Crippen LogP contribution in [0.2, 0.25) is 0 Å². The van der Waals surface area contributed by atoms with Gasteiger partial charge in [-0.1, -0.05) is 19.9 Å². The second-order valence-electron chi connectivity index (χ2n) is 6.63. The van der Waals surface area contributed by atoms with E-state index >= 15 is 0 Å². The Kier molecular flexibility index (Phi) is 5.89. The first kappa shape index (κ1) is 20.1. The molecule has 0 aliphatic heterocycles. The van der Waals surface area contributed by atoms with Gasteiger partial charge in [0.2, 0.25) is 15.3 Å². The Bertz CT molecular complexity index is 1150. The highest BCUT2D eigenvalue weighted by Gasteiger charge is 2.24. The number of sulfone groups is 1. The predicted molar refractivity (Wildman–Crippen MR) is 111 cm³/mol. The number of rotatable bonds is 7. The molecule has 6 heteroatoms. The van der Waals surface area contributed by atoms with Crippen LogP contribution in [0, 0.1) is 0 Å². The van der Waals surface area contributed by atoms with Crippen molar-refractivity contribution in [2.45, 2.75) is 49.9 Å². The van der Waals surface area contributed by atoms with E-state index in [0.717, 1.165) is 23.9 Å². The summed E-state index contributed by atoms with van der Waals surface area (Å²) in [6.45, 7) is 7.02. The molecule has 28 heavy (non-hydrogen) atoms. The number of hydrogen-bond acceptors (Lipinski definition) is 4. The Morgan fingerprint density at radius 1 is 1.00 bits per heavy atom. The fourth-order valence-electron chi connectivity index (χ4n) is 3.26. The lowest BCUT2D eigenvalue weighted by Gasteiger charge is -2.14. The molecule has 0 saturated carbocycles. The zero-order chi connectivity index (χ0) is 20.3. The molecule has 0 bridgehead atoms. The van der Waals surface area contributed by atoms with Gasteiger partial charge in [0.05, 0.1) is 17.0 Å². The number of ether oxygens (including phenoxy) is 1. The van der Waals surface area contributed by atoms with Gasteiger partial charge in [-0.2, -0.15) is 0 Å². The molecule has 0 unspecified atom stereocenters. The van der Waals surface area contributed by atoms with Crippen LogP contribution in [0.1, 0.15) is 32.8 Å². The molecular weight excluding hydrogens is 374 g/mol. The predicted octanol–water partition coefficient (Wildman–Crippen LogP) is 4.21. The standard InChI is InChI=1S/C22H25NO4S/c1-4-13-23-15-21(22(24)19-14-16(5-2)7-12-20(19)23)28(25,26)18-10-8-17(9-11-18)27-6-3/h7-12,14-15H,4-6,13H2,1-3H3. The number of benzene rings is 2. The maximum absolute atomic E-state index is 13.2. The van der Waals surface area contributed by atoms with E-state index in [9.17, 15) is 13.2 Å². The molecule has 5 nitrogen and oxygen atoms in total. The van der Waals surface area contributed by atoms with E-state index in [-0.39, 0.29) is 9.79 Å².